The average Bonchev–Trinajstić information content (AvgIpc) is 3.22. The Morgan fingerprint density at radius 2 is 1.78 bits per heavy atom. The van der Waals surface area contributed by atoms with E-state index in [0.29, 0.717) is 36.0 Å². The molecule has 0 aromatic carbocycles. The van der Waals surface area contributed by atoms with Gasteiger partial charge in [0, 0.05) is 0 Å². The highest BCUT2D eigenvalue weighted by molar-refractivity contribution is 5.27. The SMILES string of the molecule is CCC(O)(C=CC=C[C@@H](C)C1CCC2C(=CC=C3C[C@@H](O)C(OCCO)[C@H](O)C3)CCCC21C)CC. The summed E-state index contributed by atoms with van der Waals surface area (Å²) in [6.07, 6.45) is 19.2. The minimum Gasteiger partial charge on any atom is -0.394 e. The fourth-order valence-electron chi connectivity index (χ4n) is 7.12. The zero-order valence-electron chi connectivity index (χ0n) is 22.9. The Morgan fingerprint density at radius 3 is 2.42 bits per heavy atom. The van der Waals surface area contributed by atoms with Gasteiger partial charge in [0.25, 0.3) is 0 Å². The van der Waals surface area contributed by atoms with Crippen LogP contribution in [0, 0.1) is 23.2 Å². The van der Waals surface area contributed by atoms with Crippen molar-refractivity contribution in [2.75, 3.05) is 13.2 Å². The van der Waals surface area contributed by atoms with Crippen LogP contribution in [-0.4, -0.2) is 57.6 Å². The van der Waals surface area contributed by atoms with Gasteiger partial charge in [0.2, 0.25) is 0 Å². The van der Waals surface area contributed by atoms with E-state index in [-0.39, 0.29) is 13.2 Å². The van der Waals surface area contributed by atoms with Crippen LogP contribution in [0.25, 0.3) is 0 Å². The van der Waals surface area contributed by atoms with Crippen LogP contribution in [0.2, 0.25) is 0 Å². The van der Waals surface area contributed by atoms with Crippen LogP contribution in [0.3, 0.4) is 0 Å². The topological polar surface area (TPSA) is 90.2 Å². The van der Waals surface area contributed by atoms with Crippen molar-refractivity contribution in [2.45, 2.75) is 109 Å². The summed E-state index contributed by atoms with van der Waals surface area (Å²) < 4.78 is 5.45. The molecule has 0 aromatic rings. The van der Waals surface area contributed by atoms with Gasteiger partial charge in [0.1, 0.15) is 6.10 Å². The van der Waals surface area contributed by atoms with Crippen molar-refractivity contribution in [3.8, 4) is 0 Å². The van der Waals surface area contributed by atoms with E-state index >= 15 is 0 Å². The summed E-state index contributed by atoms with van der Waals surface area (Å²) in [5.41, 5.74) is 2.18. The van der Waals surface area contributed by atoms with Crippen LogP contribution in [0.1, 0.15) is 85.5 Å². The number of hydrogen-bond acceptors (Lipinski definition) is 5. The van der Waals surface area contributed by atoms with E-state index in [4.69, 9.17) is 9.84 Å². The van der Waals surface area contributed by atoms with Gasteiger partial charge >= 0.3 is 0 Å². The summed E-state index contributed by atoms with van der Waals surface area (Å²) in [5, 5.41) is 40.4. The van der Waals surface area contributed by atoms with E-state index in [0.717, 1.165) is 24.8 Å². The van der Waals surface area contributed by atoms with Crippen molar-refractivity contribution >= 4 is 0 Å². The Morgan fingerprint density at radius 1 is 1.08 bits per heavy atom. The van der Waals surface area contributed by atoms with E-state index in [9.17, 15) is 15.3 Å². The van der Waals surface area contributed by atoms with Crippen LogP contribution < -0.4 is 0 Å². The highest BCUT2D eigenvalue weighted by atomic mass is 16.5. The molecule has 4 N–H and O–H groups in total. The molecule has 3 rings (SSSR count). The van der Waals surface area contributed by atoms with E-state index in [1.807, 2.05) is 26.0 Å². The van der Waals surface area contributed by atoms with Crippen LogP contribution >= 0.6 is 0 Å². The number of allylic oxidation sites excluding steroid dienone is 6. The molecule has 0 saturated heterocycles. The first-order valence-electron chi connectivity index (χ1n) is 14.2. The summed E-state index contributed by atoms with van der Waals surface area (Å²) in [5.74, 6) is 1.71. The van der Waals surface area contributed by atoms with Crippen molar-refractivity contribution in [3.05, 3.63) is 47.6 Å². The van der Waals surface area contributed by atoms with Gasteiger partial charge in [-0.05, 0) is 81.0 Å². The quantitative estimate of drug-likeness (QED) is 0.307. The standard InChI is InChI=1S/C31H50O5/c1-5-31(35,6-2)17-8-7-10-22(3)25-14-15-26-24(11-9-16-30(25,26)4)13-12-23-20-27(33)29(28(34)21-23)36-19-18-32/h7-8,10,12-13,17,22,25-29,32-35H,5-6,9,11,14-16,18-21H2,1-4H3/t22-,25?,26?,27-,28-,29?,30?/m1/s1. The normalized spacial score (nSPS) is 35.6. The summed E-state index contributed by atoms with van der Waals surface area (Å²) in [4.78, 5) is 0. The second kappa shape index (κ2) is 13.0. The van der Waals surface area contributed by atoms with Gasteiger partial charge in [0.15, 0.2) is 0 Å². The highest BCUT2D eigenvalue weighted by Gasteiger charge is 2.50. The molecule has 3 aliphatic rings. The lowest BCUT2D eigenvalue weighted by Gasteiger charge is -2.44. The lowest BCUT2D eigenvalue weighted by atomic mass is 9.61. The second-order valence-electron chi connectivity index (χ2n) is 11.7. The van der Waals surface area contributed by atoms with E-state index in [1.165, 1.54) is 31.3 Å². The number of fused-ring (bicyclic) bond motifs is 1. The largest absolute Gasteiger partial charge is 0.394 e. The molecule has 204 valence electrons. The molecule has 0 aromatic heterocycles. The maximum atomic E-state index is 10.5. The molecular weight excluding hydrogens is 452 g/mol. The van der Waals surface area contributed by atoms with Crippen LogP contribution in [0.15, 0.2) is 47.6 Å². The van der Waals surface area contributed by atoms with Crippen molar-refractivity contribution in [2.24, 2.45) is 23.2 Å². The number of hydrogen-bond donors (Lipinski definition) is 4. The predicted octanol–water partition coefficient (Wildman–Crippen LogP) is 5.25. The minimum absolute atomic E-state index is 0.113. The Balaban J connectivity index is 1.66. The third-order valence-corrected chi connectivity index (χ3v) is 9.47. The summed E-state index contributed by atoms with van der Waals surface area (Å²) in [6.45, 7) is 8.89. The summed E-state index contributed by atoms with van der Waals surface area (Å²) >= 11 is 0. The maximum Gasteiger partial charge on any atom is 0.110 e. The molecule has 0 bridgehead atoms. The smallest absolute Gasteiger partial charge is 0.110 e. The zero-order valence-corrected chi connectivity index (χ0v) is 22.9. The van der Waals surface area contributed by atoms with Crippen molar-refractivity contribution in [1.82, 2.24) is 0 Å². The van der Waals surface area contributed by atoms with Gasteiger partial charge in [-0.2, -0.15) is 0 Å². The van der Waals surface area contributed by atoms with Gasteiger partial charge < -0.3 is 25.2 Å². The molecule has 36 heavy (non-hydrogen) atoms. The molecule has 5 heteroatoms. The first-order valence-corrected chi connectivity index (χ1v) is 14.2. The Hall–Kier alpha value is -1.24. The van der Waals surface area contributed by atoms with E-state index < -0.39 is 23.9 Å². The van der Waals surface area contributed by atoms with Gasteiger partial charge in [-0.3, -0.25) is 0 Å². The second-order valence-corrected chi connectivity index (χ2v) is 11.7. The number of aliphatic hydroxyl groups is 4. The highest BCUT2D eigenvalue weighted by Crippen LogP contribution is 2.59. The average molecular weight is 503 g/mol. The first kappa shape index (κ1) is 29.3. The maximum absolute atomic E-state index is 10.5. The van der Waals surface area contributed by atoms with Crippen molar-refractivity contribution in [3.63, 3.8) is 0 Å². The fraction of sp³-hybridized carbons (Fsp3) is 0.742. The monoisotopic (exact) mass is 502 g/mol. The molecule has 0 amide bonds. The molecule has 0 aliphatic heterocycles. The van der Waals surface area contributed by atoms with E-state index in [1.54, 1.807) is 0 Å². The Bertz CT molecular complexity index is 809. The minimum atomic E-state index is -0.746. The van der Waals surface area contributed by atoms with Crippen molar-refractivity contribution < 1.29 is 25.2 Å². The molecule has 3 aliphatic carbocycles. The molecule has 0 heterocycles. The number of rotatable bonds is 10. The predicted molar refractivity (Wildman–Crippen MR) is 145 cm³/mol. The fourth-order valence-corrected chi connectivity index (χ4v) is 7.12. The van der Waals surface area contributed by atoms with Gasteiger partial charge in [-0.25, -0.2) is 0 Å². The lowest BCUT2D eigenvalue weighted by Crippen LogP contribution is -2.44. The van der Waals surface area contributed by atoms with Crippen molar-refractivity contribution in [1.29, 1.82) is 0 Å². The van der Waals surface area contributed by atoms with Gasteiger partial charge in [-0.1, -0.05) is 75.3 Å². The van der Waals surface area contributed by atoms with E-state index in [2.05, 4.69) is 38.2 Å². The molecule has 3 saturated carbocycles. The van der Waals surface area contributed by atoms with Crippen LogP contribution in [-0.2, 0) is 4.74 Å². The first-order chi connectivity index (χ1) is 17.2. The van der Waals surface area contributed by atoms with Crippen LogP contribution in [0.4, 0.5) is 0 Å². The summed E-state index contributed by atoms with van der Waals surface area (Å²) in [6, 6.07) is 0. The molecule has 6 atom stereocenters. The molecule has 5 nitrogen and oxygen atoms in total. The molecular formula is C31H50O5. The van der Waals surface area contributed by atoms with Gasteiger partial charge in [0.05, 0.1) is 31.0 Å². The van der Waals surface area contributed by atoms with Crippen LogP contribution in [0.5, 0.6) is 0 Å². The Kier molecular flexibility index (Phi) is 10.6. The molecule has 3 fully saturated rings. The third kappa shape index (κ3) is 6.79. The number of aliphatic hydroxyl groups excluding tert-OH is 3. The molecule has 0 radical (unpaired) electrons. The number of ether oxygens (including phenoxy) is 1. The third-order valence-electron chi connectivity index (χ3n) is 9.47. The summed E-state index contributed by atoms with van der Waals surface area (Å²) in [7, 11) is 0. The zero-order chi connectivity index (χ0) is 26.3. The molecule has 0 spiro atoms. The lowest BCUT2D eigenvalue weighted by molar-refractivity contribution is -0.115. The molecule has 3 unspecified atom stereocenters. The Labute approximate surface area is 218 Å². The van der Waals surface area contributed by atoms with Gasteiger partial charge in [-0.15, -0.1) is 0 Å².